The van der Waals surface area contributed by atoms with Crippen molar-refractivity contribution in [2.75, 3.05) is 6.54 Å². The minimum Gasteiger partial charge on any atom is -0.350 e. The van der Waals surface area contributed by atoms with Gasteiger partial charge in [-0.1, -0.05) is 11.6 Å². The Morgan fingerprint density at radius 3 is 3.12 bits per heavy atom. The first-order valence-electron chi connectivity index (χ1n) is 6.21. The molecule has 1 N–H and O–H groups in total. The van der Waals surface area contributed by atoms with Crippen LogP contribution in [0.3, 0.4) is 0 Å². The van der Waals surface area contributed by atoms with E-state index in [1.54, 1.807) is 0 Å². The number of fused-ring (bicyclic) bond motifs is 1. The van der Waals surface area contributed by atoms with Crippen molar-refractivity contribution in [3.05, 3.63) is 35.0 Å². The molecule has 0 saturated carbocycles. The number of rotatable bonds is 2. The van der Waals surface area contributed by atoms with E-state index in [2.05, 4.69) is 41.3 Å². The Morgan fingerprint density at radius 2 is 2.35 bits per heavy atom. The van der Waals surface area contributed by atoms with Crippen molar-refractivity contribution in [3.8, 4) is 0 Å². The van der Waals surface area contributed by atoms with Gasteiger partial charge in [0, 0.05) is 30.2 Å². The number of aromatic nitrogens is 1. The minimum atomic E-state index is 0.629. The smallest absolute Gasteiger partial charge is 0.0502 e. The van der Waals surface area contributed by atoms with Crippen molar-refractivity contribution < 1.29 is 0 Å². The lowest BCUT2D eigenvalue weighted by Gasteiger charge is -2.11. The van der Waals surface area contributed by atoms with Gasteiger partial charge in [-0.05, 0) is 49.6 Å². The Kier molecular flexibility index (Phi) is 2.85. The topological polar surface area (TPSA) is 17.0 Å². The van der Waals surface area contributed by atoms with Gasteiger partial charge in [-0.2, -0.15) is 0 Å². The van der Waals surface area contributed by atoms with Gasteiger partial charge >= 0.3 is 0 Å². The highest BCUT2D eigenvalue weighted by Crippen LogP contribution is 2.27. The normalized spacial score (nSPS) is 20.2. The van der Waals surface area contributed by atoms with Gasteiger partial charge in [0.15, 0.2) is 0 Å². The van der Waals surface area contributed by atoms with E-state index in [-0.39, 0.29) is 0 Å². The van der Waals surface area contributed by atoms with Gasteiger partial charge in [-0.3, -0.25) is 0 Å². The molecule has 0 radical (unpaired) electrons. The van der Waals surface area contributed by atoms with Crippen LogP contribution in [0.5, 0.6) is 0 Å². The summed E-state index contributed by atoms with van der Waals surface area (Å²) in [6.45, 7) is 1.16. The molecule has 0 amide bonds. The van der Waals surface area contributed by atoms with Crippen LogP contribution in [0.1, 0.15) is 18.4 Å². The molecular weight excluding hydrogens is 232 g/mol. The molecule has 1 aliphatic rings. The highest BCUT2D eigenvalue weighted by Gasteiger charge is 2.15. The van der Waals surface area contributed by atoms with Crippen molar-refractivity contribution in [2.24, 2.45) is 7.05 Å². The minimum absolute atomic E-state index is 0.629. The predicted molar refractivity (Wildman–Crippen MR) is 72.7 cm³/mol. The fourth-order valence-electron chi connectivity index (χ4n) is 2.71. The fraction of sp³-hybridized carbons (Fsp3) is 0.429. The zero-order valence-electron chi connectivity index (χ0n) is 10.0. The third-order valence-electron chi connectivity index (χ3n) is 3.66. The summed E-state index contributed by atoms with van der Waals surface area (Å²) < 4.78 is 2.13. The Hall–Kier alpha value is -0.990. The molecule has 2 heterocycles. The summed E-state index contributed by atoms with van der Waals surface area (Å²) in [6.07, 6.45) is 5.72. The molecule has 1 aliphatic heterocycles. The quantitative estimate of drug-likeness (QED) is 0.864. The van der Waals surface area contributed by atoms with Crippen LogP contribution in [0.4, 0.5) is 0 Å². The summed E-state index contributed by atoms with van der Waals surface area (Å²) in [5.74, 6) is 0. The first-order chi connectivity index (χ1) is 8.24. The highest BCUT2D eigenvalue weighted by atomic mass is 35.5. The van der Waals surface area contributed by atoms with E-state index in [0.717, 1.165) is 23.4 Å². The van der Waals surface area contributed by atoms with Crippen LogP contribution in [-0.2, 0) is 13.5 Å². The Labute approximate surface area is 107 Å². The van der Waals surface area contributed by atoms with E-state index < -0.39 is 0 Å². The second-order valence-electron chi connectivity index (χ2n) is 4.93. The van der Waals surface area contributed by atoms with E-state index in [4.69, 9.17) is 11.6 Å². The number of hydrogen-bond acceptors (Lipinski definition) is 1. The lowest BCUT2D eigenvalue weighted by Crippen LogP contribution is -2.23. The Balaban J connectivity index is 1.96. The number of aryl methyl sites for hydroxylation is 1. The van der Waals surface area contributed by atoms with Crippen LogP contribution in [0, 0.1) is 0 Å². The van der Waals surface area contributed by atoms with Gasteiger partial charge in [-0.25, -0.2) is 0 Å². The van der Waals surface area contributed by atoms with Crippen LogP contribution in [0.2, 0.25) is 5.02 Å². The highest BCUT2D eigenvalue weighted by molar-refractivity contribution is 6.35. The second-order valence-corrected chi connectivity index (χ2v) is 5.34. The standard InChI is InChI=1S/C14H17ClN2/c1-17-6-4-12-13(15)8-10(9-14(12)17)7-11-3-2-5-16-11/h4,6,8-9,11,16H,2-3,5,7H2,1H3. The summed E-state index contributed by atoms with van der Waals surface area (Å²) in [6, 6.07) is 7.09. The Bertz CT molecular complexity index is 538. The van der Waals surface area contributed by atoms with Crippen molar-refractivity contribution in [3.63, 3.8) is 0 Å². The van der Waals surface area contributed by atoms with Crippen molar-refractivity contribution in [1.82, 2.24) is 9.88 Å². The van der Waals surface area contributed by atoms with Crippen molar-refractivity contribution >= 4 is 22.5 Å². The zero-order chi connectivity index (χ0) is 11.8. The summed E-state index contributed by atoms with van der Waals surface area (Å²) in [5.41, 5.74) is 2.56. The van der Waals surface area contributed by atoms with Crippen molar-refractivity contribution in [2.45, 2.75) is 25.3 Å². The maximum atomic E-state index is 6.33. The summed E-state index contributed by atoms with van der Waals surface area (Å²) in [5, 5.41) is 5.55. The number of halogens is 1. The molecule has 1 saturated heterocycles. The first kappa shape index (κ1) is 11.1. The molecule has 2 nitrogen and oxygen atoms in total. The van der Waals surface area contributed by atoms with Gasteiger partial charge in [0.25, 0.3) is 0 Å². The number of benzene rings is 1. The van der Waals surface area contributed by atoms with Gasteiger partial charge < -0.3 is 9.88 Å². The van der Waals surface area contributed by atoms with Gasteiger partial charge in [0.1, 0.15) is 0 Å². The molecule has 3 heteroatoms. The van der Waals surface area contributed by atoms with E-state index in [9.17, 15) is 0 Å². The molecule has 1 aromatic carbocycles. The van der Waals surface area contributed by atoms with Crippen LogP contribution < -0.4 is 5.32 Å². The van der Waals surface area contributed by atoms with E-state index in [1.807, 2.05) is 0 Å². The van der Waals surface area contributed by atoms with Gasteiger partial charge in [0.2, 0.25) is 0 Å². The molecule has 0 bridgehead atoms. The zero-order valence-corrected chi connectivity index (χ0v) is 10.8. The van der Waals surface area contributed by atoms with E-state index in [0.29, 0.717) is 6.04 Å². The molecule has 1 aromatic heterocycles. The van der Waals surface area contributed by atoms with Gasteiger partial charge in [-0.15, -0.1) is 0 Å². The van der Waals surface area contributed by atoms with Crippen LogP contribution in [-0.4, -0.2) is 17.2 Å². The molecule has 0 aliphatic carbocycles. The van der Waals surface area contributed by atoms with Crippen LogP contribution >= 0.6 is 11.6 Å². The Morgan fingerprint density at radius 1 is 1.47 bits per heavy atom. The molecule has 1 unspecified atom stereocenters. The van der Waals surface area contributed by atoms with Gasteiger partial charge in [0.05, 0.1) is 5.02 Å². The first-order valence-corrected chi connectivity index (χ1v) is 6.58. The molecule has 2 aromatic rings. The average Bonchev–Trinajstić information content (AvgIpc) is 2.90. The fourth-order valence-corrected chi connectivity index (χ4v) is 3.01. The molecular formula is C14H17ClN2. The average molecular weight is 249 g/mol. The van der Waals surface area contributed by atoms with Crippen LogP contribution in [0.15, 0.2) is 24.4 Å². The summed E-state index contributed by atoms with van der Waals surface area (Å²) in [7, 11) is 2.07. The SMILES string of the molecule is Cn1ccc2c(Cl)cc(CC3CCCN3)cc21. The maximum absolute atomic E-state index is 6.33. The molecule has 3 rings (SSSR count). The second kappa shape index (κ2) is 4.35. The third-order valence-corrected chi connectivity index (χ3v) is 3.97. The maximum Gasteiger partial charge on any atom is 0.0502 e. The summed E-state index contributed by atoms with van der Waals surface area (Å²) >= 11 is 6.33. The molecule has 1 fully saturated rings. The number of hydrogen-bond donors (Lipinski definition) is 1. The number of nitrogens with zero attached hydrogens (tertiary/aromatic N) is 1. The molecule has 1 atom stereocenters. The number of nitrogens with one attached hydrogen (secondary N) is 1. The third kappa shape index (κ3) is 2.07. The van der Waals surface area contributed by atoms with E-state index in [1.165, 1.54) is 23.9 Å². The predicted octanol–water partition coefficient (Wildman–Crippen LogP) is 3.13. The van der Waals surface area contributed by atoms with Crippen molar-refractivity contribution in [1.29, 1.82) is 0 Å². The molecule has 17 heavy (non-hydrogen) atoms. The molecule has 0 spiro atoms. The monoisotopic (exact) mass is 248 g/mol. The van der Waals surface area contributed by atoms with E-state index >= 15 is 0 Å². The summed E-state index contributed by atoms with van der Waals surface area (Å²) in [4.78, 5) is 0. The van der Waals surface area contributed by atoms with Crippen LogP contribution in [0.25, 0.3) is 10.9 Å². The lowest BCUT2D eigenvalue weighted by atomic mass is 10.0. The lowest BCUT2D eigenvalue weighted by molar-refractivity contribution is 0.603. The molecule has 90 valence electrons. The largest absolute Gasteiger partial charge is 0.350 e.